The Hall–Kier alpha value is -4.07. The van der Waals surface area contributed by atoms with Crippen LogP contribution in [0.1, 0.15) is 33.3 Å². The molecule has 0 radical (unpaired) electrons. The molecule has 1 amide bonds. The fourth-order valence-corrected chi connectivity index (χ4v) is 2.28. The van der Waals surface area contributed by atoms with Crippen molar-refractivity contribution in [3.05, 3.63) is 83.9 Å². The summed E-state index contributed by atoms with van der Waals surface area (Å²) in [6.07, 6.45) is 5.71. The van der Waals surface area contributed by atoms with Gasteiger partial charge in [0.2, 0.25) is 0 Å². The van der Waals surface area contributed by atoms with Crippen molar-refractivity contribution in [1.29, 1.82) is 0 Å². The Kier molecular flexibility index (Phi) is 6.62. The highest BCUT2D eigenvalue weighted by atomic mass is 16.5. The van der Waals surface area contributed by atoms with E-state index >= 15 is 0 Å². The highest BCUT2D eigenvalue weighted by molar-refractivity contribution is 5.93. The molecular weight excluding hydrogens is 372 g/mol. The summed E-state index contributed by atoms with van der Waals surface area (Å²) in [5.74, 6) is 0.157. The van der Waals surface area contributed by atoms with E-state index in [1.54, 1.807) is 48.5 Å². The molecule has 3 rings (SSSR count). The number of hydrogen-bond acceptors (Lipinski definition) is 7. The minimum atomic E-state index is -0.467. The minimum absolute atomic E-state index is 0.168. The molecule has 146 valence electrons. The van der Waals surface area contributed by atoms with Gasteiger partial charge < -0.3 is 9.47 Å². The fraction of sp³-hybridized carbons (Fsp3) is 0.0952. The Morgan fingerprint density at radius 1 is 1.03 bits per heavy atom. The molecular formula is C21H18N4O4. The molecule has 2 aromatic carbocycles. The number of aromatic nitrogens is 2. The van der Waals surface area contributed by atoms with Gasteiger partial charge in [-0.05, 0) is 61.0 Å². The third-order valence-corrected chi connectivity index (χ3v) is 3.67. The number of nitrogens with zero attached hydrogens (tertiary/aromatic N) is 3. The van der Waals surface area contributed by atoms with Crippen LogP contribution < -0.4 is 14.9 Å². The van der Waals surface area contributed by atoms with Crippen LogP contribution in [-0.2, 0) is 0 Å². The van der Waals surface area contributed by atoms with Crippen LogP contribution in [0.4, 0.5) is 0 Å². The third kappa shape index (κ3) is 5.70. The molecule has 0 saturated carbocycles. The van der Waals surface area contributed by atoms with Crippen LogP contribution in [0.15, 0.2) is 72.2 Å². The predicted octanol–water partition coefficient (Wildman–Crippen LogP) is 2.86. The van der Waals surface area contributed by atoms with Gasteiger partial charge in [-0.25, -0.2) is 15.2 Å². The van der Waals surface area contributed by atoms with Crippen LogP contribution in [0.5, 0.6) is 11.5 Å². The van der Waals surface area contributed by atoms with Gasteiger partial charge in [0, 0.05) is 12.4 Å². The quantitative estimate of drug-likeness (QED) is 0.288. The summed E-state index contributed by atoms with van der Waals surface area (Å²) in [6, 6.07) is 13.4. The molecule has 0 unspecified atom stereocenters. The second kappa shape index (κ2) is 9.75. The summed E-state index contributed by atoms with van der Waals surface area (Å²) >= 11 is 0. The van der Waals surface area contributed by atoms with Crippen LogP contribution in [-0.4, -0.2) is 34.7 Å². The molecule has 0 atom stereocenters. The SMILES string of the molecule is CCOc1ccc(C(=O)Oc2ccc(C=NNC(=O)c3cnccn3)cc2)cc1. The summed E-state index contributed by atoms with van der Waals surface area (Å²) in [6.45, 7) is 2.45. The van der Waals surface area contributed by atoms with E-state index in [9.17, 15) is 9.59 Å². The lowest BCUT2D eigenvalue weighted by Gasteiger charge is -2.06. The smallest absolute Gasteiger partial charge is 0.343 e. The Bertz CT molecular complexity index is 987. The van der Waals surface area contributed by atoms with Crippen molar-refractivity contribution >= 4 is 18.1 Å². The molecule has 0 aliphatic heterocycles. The second-order valence-corrected chi connectivity index (χ2v) is 5.71. The number of esters is 1. The molecule has 3 aromatic rings. The Morgan fingerprint density at radius 2 is 1.76 bits per heavy atom. The Labute approximate surface area is 167 Å². The first kappa shape index (κ1) is 19.7. The van der Waals surface area contributed by atoms with E-state index in [0.29, 0.717) is 29.2 Å². The van der Waals surface area contributed by atoms with Crippen LogP contribution >= 0.6 is 0 Å². The van der Waals surface area contributed by atoms with Gasteiger partial charge in [0.15, 0.2) is 0 Å². The lowest BCUT2D eigenvalue weighted by atomic mass is 10.2. The maximum Gasteiger partial charge on any atom is 0.343 e. The van der Waals surface area contributed by atoms with Crippen molar-refractivity contribution in [2.45, 2.75) is 6.92 Å². The molecule has 0 spiro atoms. The molecule has 1 aromatic heterocycles. The van der Waals surface area contributed by atoms with E-state index in [1.165, 1.54) is 24.8 Å². The number of ether oxygens (including phenoxy) is 2. The normalized spacial score (nSPS) is 10.5. The van der Waals surface area contributed by atoms with Gasteiger partial charge >= 0.3 is 5.97 Å². The van der Waals surface area contributed by atoms with Crippen molar-refractivity contribution < 1.29 is 19.1 Å². The molecule has 0 saturated heterocycles. The van der Waals surface area contributed by atoms with Gasteiger partial charge in [-0.15, -0.1) is 0 Å². The van der Waals surface area contributed by atoms with Gasteiger partial charge in [-0.1, -0.05) is 0 Å². The van der Waals surface area contributed by atoms with E-state index in [0.717, 1.165) is 0 Å². The zero-order valence-electron chi connectivity index (χ0n) is 15.6. The number of carbonyl (C=O) groups is 2. The van der Waals surface area contributed by atoms with E-state index in [4.69, 9.17) is 9.47 Å². The number of amides is 1. The number of carbonyl (C=O) groups excluding carboxylic acids is 2. The molecule has 1 heterocycles. The first-order valence-electron chi connectivity index (χ1n) is 8.80. The standard InChI is InChI=1S/C21H18N4O4/c1-2-28-17-9-5-16(6-10-17)21(27)29-18-7-3-15(4-8-18)13-24-25-20(26)19-14-22-11-12-23-19/h3-14H,2H2,1H3,(H,25,26). The average Bonchev–Trinajstić information content (AvgIpc) is 2.76. The molecule has 8 nitrogen and oxygen atoms in total. The van der Waals surface area contributed by atoms with Gasteiger partial charge in [-0.2, -0.15) is 5.10 Å². The second-order valence-electron chi connectivity index (χ2n) is 5.71. The maximum atomic E-state index is 12.2. The van der Waals surface area contributed by atoms with Crippen LogP contribution in [0.2, 0.25) is 0 Å². The van der Waals surface area contributed by atoms with Gasteiger partial charge in [0.25, 0.3) is 5.91 Å². The van der Waals surface area contributed by atoms with Gasteiger partial charge in [0.1, 0.15) is 17.2 Å². The van der Waals surface area contributed by atoms with E-state index < -0.39 is 11.9 Å². The molecule has 29 heavy (non-hydrogen) atoms. The van der Waals surface area contributed by atoms with E-state index in [-0.39, 0.29) is 5.69 Å². The van der Waals surface area contributed by atoms with Crippen molar-refractivity contribution in [1.82, 2.24) is 15.4 Å². The maximum absolute atomic E-state index is 12.2. The number of nitrogens with one attached hydrogen (secondary N) is 1. The molecule has 0 aliphatic carbocycles. The summed E-state index contributed by atoms with van der Waals surface area (Å²) in [5.41, 5.74) is 3.66. The lowest BCUT2D eigenvalue weighted by Crippen LogP contribution is -2.19. The first-order chi connectivity index (χ1) is 14.2. The summed E-state index contributed by atoms with van der Waals surface area (Å²) < 4.78 is 10.7. The Balaban J connectivity index is 1.54. The average molecular weight is 390 g/mol. The topological polar surface area (TPSA) is 103 Å². The van der Waals surface area contributed by atoms with Crippen LogP contribution in [0.25, 0.3) is 0 Å². The van der Waals surface area contributed by atoms with E-state index in [2.05, 4.69) is 20.5 Å². The number of hydrazone groups is 1. The lowest BCUT2D eigenvalue weighted by molar-refractivity contribution is 0.0734. The fourth-order valence-electron chi connectivity index (χ4n) is 2.28. The number of hydrogen-bond donors (Lipinski definition) is 1. The van der Waals surface area contributed by atoms with Crippen molar-refractivity contribution in [2.24, 2.45) is 5.10 Å². The van der Waals surface area contributed by atoms with Gasteiger partial charge in [0.05, 0.1) is 24.6 Å². The molecule has 0 bridgehead atoms. The van der Waals surface area contributed by atoms with E-state index in [1.807, 2.05) is 6.92 Å². The highest BCUT2D eigenvalue weighted by Gasteiger charge is 2.09. The zero-order valence-corrected chi connectivity index (χ0v) is 15.6. The van der Waals surface area contributed by atoms with Crippen LogP contribution in [0.3, 0.4) is 0 Å². The summed E-state index contributed by atoms with van der Waals surface area (Å²) in [7, 11) is 0. The van der Waals surface area contributed by atoms with Crippen molar-refractivity contribution in [2.75, 3.05) is 6.61 Å². The third-order valence-electron chi connectivity index (χ3n) is 3.67. The number of rotatable bonds is 7. The van der Waals surface area contributed by atoms with Crippen LogP contribution in [0, 0.1) is 0 Å². The number of benzene rings is 2. The molecule has 0 fully saturated rings. The molecule has 1 N–H and O–H groups in total. The largest absolute Gasteiger partial charge is 0.494 e. The van der Waals surface area contributed by atoms with Crippen molar-refractivity contribution in [3.63, 3.8) is 0 Å². The molecule has 8 heteroatoms. The van der Waals surface area contributed by atoms with Gasteiger partial charge in [-0.3, -0.25) is 9.78 Å². The van der Waals surface area contributed by atoms with Crippen molar-refractivity contribution in [3.8, 4) is 11.5 Å². The highest BCUT2D eigenvalue weighted by Crippen LogP contribution is 2.16. The zero-order chi connectivity index (χ0) is 20.5. The Morgan fingerprint density at radius 3 is 2.41 bits per heavy atom. The summed E-state index contributed by atoms with van der Waals surface area (Å²) in [5, 5.41) is 3.87. The summed E-state index contributed by atoms with van der Waals surface area (Å²) in [4.78, 5) is 31.7. The first-order valence-corrected chi connectivity index (χ1v) is 8.80. The monoisotopic (exact) mass is 390 g/mol. The minimum Gasteiger partial charge on any atom is -0.494 e. The molecule has 0 aliphatic rings. The predicted molar refractivity (Wildman–Crippen MR) is 106 cm³/mol.